The molecule has 0 bridgehead atoms. The first-order chi connectivity index (χ1) is 6.02. The second-order valence-electron chi connectivity index (χ2n) is 2.60. The smallest absolute Gasteiger partial charge is 0.181 e. The molecule has 1 aromatic rings. The van der Waals surface area contributed by atoms with Gasteiger partial charge in [-0.05, 0) is 47.7 Å². The molecule has 0 aliphatic rings. The van der Waals surface area contributed by atoms with Crippen LogP contribution in [0.5, 0.6) is 0 Å². The number of carbonyl (C=O) groups is 1. The summed E-state index contributed by atoms with van der Waals surface area (Å²) in [7, 11) is 0. The second-order valence-corrected chi connectivity index (χ2v) is 4.42. The Hall–Kier alpha value is -0.160. The van der Waals surface area contributed by atoms with Crippen molar-refractivity contribution in [2.75, 3.05) is 0 Å². The number of rotatable bonds is 2. The van der Waals surface area contributed by atoms with Crippen LogP contribution >= 0.6 is 34.2 Å². The lowest BCUT2D eigenvalue weighted by Gasteiger charge is -2.04. The molecule has 0 radical (unpaired) electrons. The Bertz CT molecular complexity index is 338. The van der Waals surface area contributed by atoms with Crippen LogP contribution < -0.4 is 0 Å². The van der Waals surface area contributed by atoms with E-state index in [9.17, 15) is 9.18 Å². The highest BCUT2D eigenvalue weighted by Crippen LogP contribution is 2.17. The zero-order valence-electron chi connectivity index (χ0n) is 6.85. The Morgan fingerprint density at radius 3 is 2.69 bits per heavy atom. The van der Waals surface area contributed by atoms with Crippen molar-refractivity contribution >= 4 is 40.0 Å². The van der Waals surface area contributed by atoms with Gasteiger partial charge in [-0.15, -0.1) is 11.6 Å². The van der Waals surface area contributed by atoms with Crippen LogP contribution in [-0.2, 0) is 0 Å². The number of alkyl halides is 1. The van der Waals surface area contributed by atoms with Crippen molar-refractivity contribution in [2.45, 2.75) is 12.3 Å². The maximum atomic E-state index is 12.7. The van der Waals surface area contributed by atoms with E-state index < -0.39 is 5.38 Å². The fraction of sp³-hybridized carbons (Fsp3) is 0.222. The third kappa shape index (κ3) is 2.64. The molecule has 1 aromatic carbocycles. The van der Waals surface area contributed by atoms with Gasteiger partial charge in [-0.2, -0.15) is 0 Å². The number of carbonyl (C=O) groups excluding carboxylic acids is 1. The third-order valence-corrected chi connectivity index (χ3v) is 2.65. The van der Waals surface area contributed by atoms with Crippen LogP contribution in [0.3, 0.4) is 0 Å². The zero-order valence-corrected chi connectivity index (χ0v) is 9.76. The fourth-order valence-electron chi connectivity index (χ4n) is 0.904. The average molecular weight is 313 g/mol. The lowest BCUT2D eigenvalue weighted by atomic mass is 10.1. The summed E-state index contributed by atoms with van der Waals surface area (Å²) in [6, 6.07) is 4.03. The first-order valence-corrected chi connectivity index (χ1v) is 5.17. The molecule has 0 aliphatic carbocycles. The van der Waals surface area contributed by atoms with Crippen molar-refractivity contribution < 1.29 is 9.18 Å². The van der Waals surface area contributed by atoms with Gasteiger partial charge in [0.25, 0.3) is 0 Å². The SMILES string of the molecule is CC(Cl)C(=O)c1ccc(F)cc1I. The van der Waals surface area contributed by atoms with Gasteiger partial charge in [-0.1, -0.05) is 0 Å². The standard InChI is InChI=1S/C9H7ClFIO/c1-5(10)9(13)7-3-2-6(11)4-8(7)12/h2-5H,1H3. The molecule has 0 fully saturated rings. The molecule has 0 amide bonds. The summed E-state index contributed by atoms with van der Waals surface area (Å²) in [4.78, 5) is 11.4. The van der Waals surface area contributed by atoms with Gasteiger partial charge < -0.3 is 0 Å². The first-order valence-electron chi connectivity index (χ1n) is 3.65. The Balaban J connectivity index is 3.09. The predicted molar refractivity (Wildman–Crippen MR) is 58.8 cm³/mol. The Labute approximate surface area is 94.4 Å². The molecule has 0 spiro atoms. The normalized spacial score (nSPS) is 12.6. The van der Waals surface area contributed by atoms with E-state index in [2.05, 4.69) is 0 Å². The van der Waals surface area contributed by atoms with E-state index in [-0.39, 0.29) is 11.6 Å². The number of halogens is 3. The van der Waals surface area contributed by atoms with Crippen molar-refractivity contribution in [3.05, 3.63) is 33.1 Å². The van der Waals surface area contributed by atoms with E-state index in [1.54, 1.807) is 6.92 Å². The molecule has 0 N–H and O–H groups in total. The molecule has 0 aliphatic heterocycles. The summed E-state index contributed by atoms with van der Waals surface area (Å²) in [6.45, 7) is 1.60. The minimum atomic E-state index is -0.570. The number of hydrogen-bond acceptors (Lipinski definition) is 1. The van der Waals surface area contributed by atoms with Gasteiger partial charge >= 0.3 is 0 Å². The van der Waals surface area contributed by atoms with Crippen LogP contribution in [0.1, 0.15) is 17.3 Å². The molecular weight excluding hydrogens is 305 g/mol. The molecule has 1 nitrogen and oxygen atoms in total. The van der Waals surface area contributed by atoms with Gasteiger partial charge in [0.1, 0.15) is 5.82 Å². The molecule has 0 saturated carbocycles. The summed E-state index contributed by atoms with van der Waals surface area (Å²) in [5, 5.41) is -0.570. The highest BCUT2D eigenvalue weighted by atomic mass is 127. The molecular formula is C9H7ClFIO. The van der Waals surface area contributed by atoms with E-state index in [4.69, 9.17) is 11.6 Å². The van der Waals surface area contributed by atoms with E-state index in [0.29, 0.717) is 9.13 Å². The number of ketones is 1. The van der Waals surface area contributed by atoms with E-state index in [1.165, 1.54) is 18.2 Å². The maximum Gasteiger partial charge on any atom is 0.181 e. The van der Waals surface area contributed by atoms with Crippen LogP contribution in [0, 0.1) is 9.39 Å². The van der Waals surface area contributed by atoms with Crippen LogP contribution in [0.2, 0.25) is 0 Å². The summed E-state index contributed by atoms with van der Waals surface area (Å²) >= 11 is 7.54. The van der Waals surface area contributed by atoms with Crippen molar-refractivity contribution in [1.29, 1.82) is 0 Å². The molecule has 13 heavy (non-hydrogen) atoms. The van der Waals surface area contributed by atoms with Gasteiger partial charge in [0.15, 0.2) is 5.78 Å². The van der Waals surface area contributed by atoms with Crippen LogP contribution in [-0.4, -0.2) is 11.2 Å². The van der Waals surface area contributed by atoms with E-state index >= 15 is 0 Å². The van der Waals surface area contributed by atoms with Gasteiger partial charge in [-0.3, -0.25) is 4.79 Å². The number of hydrogen-bond donors (Lipinski definition) is 0. The van der Waals surface area contributed by atoms with Crippen molar-refractivity contribution in [3.8, 4) is 0 Å². The fourth-order valence-corrected chi connectivity index (χ4v) is 1.76. The van der Waals surface area contributed by atoms with Crippen LogP contribution in [0.25, 0.3) is 0 Å². The summed E-state index contributed by atoms with van der Waals surface area (Å²) in [5.74, 6) is -0.519. The second kappa shape index (κ2) is 4.37. The van der Waals surface area contributed by atoms with Crippen molar-refractivity contribution in [2.24, 2.45) is 0 Å². The molecule has 70 valence electrons. The molecule has 1 atom stereocenters. The molecule has 0 aromatic heterocycles. The monoisotopic (exact) mass is 312 g/mol. The summed E-state index contributed by atoms with van der Waals surface area (Å²) in [5.41, 5.74) is 0.476. The largest absolute Gasteiger partial charge is 0.292 e. The Morgan fingerprint density at radius 1 is 1.62 bits per heavy atom. The number of Topliss-reactive ketones (excluding diaryl/α,β-unsaturated/α-hetero) is 1. The lowest BCUT2D eigenvalue weighted by Crippen LogP contribution is -2.12. The highest BCUT2D eigenvalue weighted by Gasteiger charge is 2.15. The molecule has 0 heterocycles. The Kier molecular flexibility index (Phi) is 3.67. The van der Waals surface area contributed by atoms with Gasteiger partial charge in [0.05, 0.1) is 5.38 Å². The van der Waals surface area contributed by atoms with Gasteiger partial charge in [-0.25, -0.2) is 4.39 Å². The molecule has 4 heteroatoms. The van der Waals surface area contributed by atoms with Crippen LogP contribution in [0.4, 0.5) is 4.39 Å². The maximum absolute atomic E-state index is 12.7. The molecule has 1 rings (SSSR count). The summed E-state index contributed by atoms with van der Waals surface area (Å²) < 4.78 is 13.3. The molecule has 1 unspecified atom stereocenters. The lowest BCUT2D eigenvalue weighted by molar-refractivity contribution is 0.0991. The highest BCUT2D eigenvalue weighted by molar-refractivity contribution is 14.1. The minimum Gasteiger partial charge on any atom is -0.292 e. The predicted octanol–water partition coefficient (Wildman–Crippen LogP) is 3.24. The zero-order chi connectivity index (χ0) is 10.0. The number of benzene rings is 1. The average Bonchev–Trinajstić information content (AvgIpc) is 2.03. The first kappa shape index (κ1) is 10.9. The van der Waals surface area contributed by atoms with Crippen LogP contribution in [0.15, 0.2) is 18.2 Å². The van der Waals surface area contributed by atoms with Gasteiger partial charge in [0, 0.05) is 9.13 Å². The third-order valence-electron chi connectivity index (χ3n) is 1.56. The van der Waals surface area contributed by atoms with Crippen molar-refractivity contribution in [3.63, 3.8) is 0 Å². The summed E-state index contributed by atoms with van der Waals surface area (Å²) in [6.07, 6.45) is 0. The van der Waals surface area contributed by atoms with E-state index in [0.717, 1.165) is 0 Å². The topological polar surface area (TPSA) is 17.1 Å². The quantitative estimate of drug-likeness (QED) is 0.465. The Morgan fingerprint density at radius 2 is 2.23 bits per heavy atom. The molecule has 0 saturated heterocycles. The van der Waals surface area contributed by atoms with Crippen molar-refractivity contribution in [1.82, 2.24) is 0 Å². The van der Waals surface area contributed by atoms with E-state index in [1.807, 2.05) is 22.6 Å². The minimum absolute atomic E-state index is 0.175. The van der Waals surface area contributed by atoms with Gasteiger partial charge in [0.2, 0.25) is 0 Å².